The summed E-state index contributed by atoms with van der Waals surface area (Å²) in [5.41, 5.74) is 1.63. The quantitative estimate of drug-likeness (QED) is 0.734. The second-order valence-electron chi connectivity index (χ2n) is 4.38. The lowest BCUT2D eigenvalue weighted by atomic mass is 9.82. The van der Waals surface area contributed by atoms with Gasteiger partial charge in [-0.05, 0) is 18.4 Å². The van der Waals surface area contributed by atoms with E-state index in [9.17, 15) is 4.79 Å². The van der Waals surface area contributed by atoms with E-state index in [4.69, 9.17) is 5.26 Å². The summed E-state index contributed by atoms with van der Waals surface area (Å²) in [5.74, 6) is 0.202. The minimum absolute atomic E-state index is 0.202. The molecule has 76 valence electrons. The van der Waals surface area contributed by atoms with Gasteiger partial charge >= 0.3 is 0 Å². The molecule has 1 aliphatic rings. The highest BCUT2D eigenvalue weighted by atomic mass is 16.1. The lowest BCUT2D eigenvalue weighted by Gasteiger charge is -2.19. The molecule has 1 aliphatic carbocycles. The van der Waals surface area contributed by atoms with Crippen LogP contribution in [0.1, 0.15) is 35.7 Å². The Labute approximate surface area is 89.5 Å². The number of rotatable bonds is 2. The van der Waals surface area contributed by atoms with Crippen molar-refractivity contribution < 1.29 is 4.79 Å². The third-order valence-corrected chi connectivity index (χ3v) is 3.18. The molecule has 0 bridgehead atoms. The van der Waals surface area contributed by atoms with Gasteiger partial charge in [-0.3, -0.25) is 4.79 Å². The maximum Gasteiger partial charge on any atom is 0.169 e. The molecule has 1 aromatic carbocycles. The average molecular weight is 199 g/mol. The molecular formula is C13H13NO. The minimum atomic E-state index is -0.348. The van der Waals surface area contributed by atoms with Crippen LogP contribution >= 0.6 is 0 Å². The van der Waals surface area contributed by atoms with Crippen LogP contribution < -0.4 is 0 Å². The van der Waals surface area contributed by atoms with Crippen molar-refractivity contribution in [3.05, 3.63) is 35.4 Å². The molecular weight excluding hydrogens is 186 g/mol. The number of carbonyl (C=O) groups excluding carboxylic acids is 1. The van der Waals surface area contributed by atoms with E-state index < -0.39 is 0 Å². The monoisotopic (exact) mass is 199 g/mol. The molecule has 0 fully saturated rings. The van der Waals surface area contributed by atoms with Gasteiger partial charge in [0, 0.05) is 17.4 Å². The average Bonchev–Trinajstić information content (AvgIpc) is 2.50. The minimum Gasteiger partial charge on any atom is -0.294 e. The molecule has 2 nitrogen and oxygen atoms in total. The Kier molecular flexibility index (Phi) is 2.32. The number of nitrogens with zero attached hydrogens (tertiary/aromatic N) is 1. The van der Waals surface area contributed by atoms with Gasteiger partial charge in [-0.15, -0.1) is 0 Å². The van der Waals surface area contributed by atoms with E-state index in [1.807, 2.05) is 31.2 Å². The Hall–Kier alpha value is -1.62. The zero-order valence-electron chi connectivity index (χ0n) is 8.79. The Morgan fingerprint density at radius 2 is 2.20 bits per heavy atom. The first-order valence-corrected chi connectivity index (χ1v) is 5.17. The van der Waals surface area contributed by atoms with E-state index >= 15 is 0 Å². The number of Topliss-reactive ketones (excluding diaryl/α,β-unsaturated/α-hetero) is 1. The van der Waals surface area contributed by atoms with Crippen molar-refractivity contribution in [1.29, 1.82) is 5.26 Å². The Bertz CT molecular complexity index is 444. The molecule has 0 aliphatic heterocycles. The molecule has 0 radical (unpaired) electrons. The summed E-state index contributed by atoms with van der Waals surface area (Å²) in [6.07, 6.45) is 1.90. The van der Waals surface area contributed by atoms with Crippen LogP contribution in [0.25, 0.3) is 0 Å². The van der Waals surface area contributed by atoms with Crippen LogP contribution in [-0.2, 0) is 6.42 Å². The van der Waals surface area contributed by atoms with Crippen molar-refractivity contribution in [3.8, 4) is 6.07 Å². The number of hydrogen-bond acceptors (Lipinski definition) is 2. The van der Waals surface area contributed by atoms with Crippen molar-refractivity contribution in [1.82, 2.24) is 0 Å². The summed E-state index contributed by atoms with van der Waals surface area (Å²) in [7, 11) is 0. The molecule has 1 atom stereocenters. The van der Waals surface area contributed by atoms with Crippen LogP contribution in [0.2, 0.25) is 0 Å². The molecule has 2 heteroatoms. The molecule has 1 aromatic rings. The first-order chi connectivity index (χ1) is 7.17. The summed E-state index contributed by atoms with van der Waals surface area (Å²) < 4.78 is 0. The molecule has 0 saturated carbocycles. The van der Waals surface area contributed by atoms with Crippen molar-refractivity contribution in [3.63, 3.8) is 0 Å². The van der Waals surface area contributed by atoms with Crippen molar-refractivity contribution in [2.45, 2.75) is 26.2 Å². The highest BCUT2D eigenvalue weighted by Gasteiger charge is 2.40. The van der Waals surface area contributed by atoms with E-state index in [2.05, 4.69) is 6.07 Å². The first kappa shape index (κ1) is 9.92. The summed E-state index contributed by atoms with van der Waals surface area (Å²) in [5, 5.41) is 8.58. The molecule has 0 N–H and O–H groups in total. The topological polar surface area (TPSA) is 40.9 Å². The van der Waals surface area contributed by atoms with Crippen LogP contribution in [-0.4, -0.2) is 5.78 Å². The predicted molar refractivity (Wildman–Crippen MR) is 57.4 cm³/mol. The van der Waals surface area contributed by atoms with Gasteiger partial charge in [-0.2, -0.15) is 5.26 Å². The van der Waals surface area contributed by atoms with Crippen molar-refractivity contribution in [2.75, 3.05) is 0 Å². The fourth-order valence-electron chi connectivity index (χ4n) is 2.26. The van der Waals surface area contributed by atoms with E-state index in [1.54, 1.807) is 0 Å². The normalized spacial score (nSPS) is 23.6. The van der Waals surface area contributed by atoms with E-state index in [0.717, 1.165) is 17.5 Å². The predicted octanol–water partition coefficient (Wildman–Crippen LogP) is 2.74. The second kappa shape index (κ2) is 3.51. The zero-order chi connectivity index (χ0) is 10.9. The molecule has 0 aromatic heterocycles. The number of hydrogen-bond donors (Lipinski definition) is 0. The number of benzene rings is 1. The highest BCUT2D eigenvalue weighted by molar-refractivity contribution is 6.04. The second-order valence-corrected chi connectivity index (χ2v) is 4.38. The van der Waals surface area contributed by atoms with Gasteiger partial charge in [-0.1, -0.05) is 31.2 Å². The maximum absolute atomic E-state index is 12.1. The van der Waals surface area contributed by atoms with Gasteiger partial charge in [0.2, 0.25) is 0 Å². The molecule has 0 amide bonds. The van der Waals surface area contributed by atoms with Crippen LogP contribution in [0, 0.1) is 16.7 Å². The number of ketones is 1. The van der Waals surface area contributed by atoms with E-state index in [1.165, 1.54) is 0 Å². The molecule has 0 heterocycles. The standard InChI is InChI=1S/C13H13NO/c1-13(7-4-8-14)9-10-5-2-3-6-11(10)12(13)15/h2-3,5-6H,4,7,9H2,1H3. The number of nitriles is 1. The number of carbonyl (C=O) groups is 1. The third-order valence-electron chi connectivity index (χ3n) is 3.18. The van der Waals surface area contributed by atoms with Gasteiger partial charge in [0.05, 0.1) is 6.07 Å². The number of fused-ring (bicyclic) bond motifs is 1. The maximum atomic E-state index is 12.1. The molecule has 0 spiro atoms. The Morgan fingerprint density at radius 1 is 1.47 bits per heavy atom. The van der Waals surface area contributed by atoms with Gasteiger partial charge in [0.15, 0.2) is 5.78 Å². The van der Waals surface area contributed by atoms with Crippen LogP contribution in [0.4, 0.5) is 0 Å². The van der Waals surface area contributed by atoms with E-state index in [-0.39, 0.29) is 11.2 Å². The SMILES string of the molecule is CC1(CCC#N)Cc2ccccc2C1=O. The highest BCUT2D eigenvalue weighted by Crippen LogP contribution is 2.39. The lowest BCUT2D eigenvalue weighted by Crippen LogP contribution is -2.23. The molecule has 15 heavy (non-hydrogen) atoms. The smallest absolute Gasteiger partial charge is 0.169 e. The van der Waals surface area contributed by atoms with Gasteiger partial charge < -0.3 is 0 Å². The summed E-state index contributed by atoms with van der Waals surface area (Å²) in [4.78, 5) is 12.1. The molecule has 0 saturated heterocycles. The van der Waals surface area contributed by atoms with E-state index in [0.29, 0.717) is 12.8 Å². The van der Waals surface area contributed by atoms with Gasteiger partial charge in [0.25, 0.3) is 0 Å². The largest absolute Gasteiger partial charge is 0.294 e. The van der Waals surface area contributed by atoms with Gasteiger partial charge in [-0.25, -0.2) is 0 Å². The molecule has 2 rings (SSSR count). The van der Waals surface area contributed by atoms with Gasteiger partial charge in [0.1, 0.15) is 0 Å². The van der Waals surface area contributed by atoms with Crippen LogP contribution in [0.5, 0.6) is 0 Å². The van der Waals surface area contributed by atoms with Crippen LogP contribution in [0.15, 0.2) is 24.3 Å². The van der Waals surface area contributed by atoms with Crippen molar-refractivity contribution in [2.24, 2.45) is 5.41 Å². The summed E-state index contributed by atoms with van der Waals surface area (Å²) in [6.45, 7) is 1.96. The Balaban J connectivity index is 2.30. The lowest BCUT2D eigenvalue weighted by molar-refractivity contribution is 0.0832. The Morgan fingerprint density at radius 3 is 2.87 bits per heavy atom. The zero-order valence-corrected chi connectivity index (χ0v) is 8.79. The fourth-order valence-corrected chi connectivity index (χ4v) is 2.26. The summed E-state index contributed by atoms with van der Waals surface area (Å²) in [6, 6.07) is 9.86. The molecule has 1 unspecified atom stereocenters. The van der Waals surface area contributed by atoms with Crippen molar-refractivity contribution >= 4 is 5.78 Å². The first-order valence-electron chi connectivity index (χ1n) is 5.17. The third kappa shape index (κ3) is 1.55. The summed E-state index contributed by atoms with van der Waals surface area (Å²) >= 11 is 0. The fraction of sp³-hybridized carbons (Fsp3) is 0.385. The van der Waals surface area contributed by atoms with Crippen LogP contribution in [0.3, 0.4) is 0 Å².